The van der Waals surface area contributed by atoms with Gasteiger partial charge in [0.15, 0.2) is 0 Å². The standard InChI is InChI=1S/C13H16N2O6S/c1-2-9-5-6-10(15(18)19)8-12(9)22(20,21)14-7-3-4-11(14)13(16)17/h5-6,8,11H,2-4,7H2,1H3,(H,16,17). The van der Waals surface area contributed by atoms with Crippen molar-refractivity contribution in [1.82, 2.24) is 4.31 Å². The number of aryl methyl sites for hydroxylation is 1. The Hall–Kier alpha value is -2.00. The van der Waals surface area contributed by atoms with Crippen molar-refractivity contribution in [1.29, 1.82) is 0 Å². The second-order valence-electron chi connectivity index (χ2n) is 5.01. The molecule has 0 radical (unpaired) electrons. The fourth-order valence-electron chi connectivity index (χ4n) is 2.59. The van der Waals surface area contributed by atoms with Crippen molar-refractivity contribution >= 4 is 21.7 Å². The Kier molecular flexibility index (Phi) is 4.47. The van der Waals surface area contributed by atoms with Gasteiger partial charge in [0.05, 0.1) is 9.82 Å². The van der Waals surface area contributed by atoms with Gasteiger partial charge in [0, 0.05) is 18.7 Å². The second kappa shape index (κ2) is 6.01. The zero-order valence-corrected chi connectivity index (χ0v) is 12.7. The molecule has 9 heteroatoms. The van der Waals surface area contributed by atoms with Gasteiger partial charge in [0.2, 0.25) is 10.0 Å². The Morgan fingerprint density at radius 3 is 2.73 bits per heavy atom. The average Bonchev–Trinajstić information content (AvgIpc) is 2.96. The molecule has 1 aliphatic heterocycles. The van der Waals surface area contributed by atoms with E-state index in [9.17, 15) is 23.3 Å². The van der Waals surface area contributed by atoms with Crippen LogP contribution in [-0.2, 0) is 21.2 Å². The van der Waals surface area contributed by atoms with E-state index in [0.717, 1.165) is 10.4 Å². The fraction of sp³-hybridized carbons (Fsp3) is 0.462. The number of non-ortho nitro benzene ring substituents is 1. The minimum atomic E-state index is -4.08. The summed E-state index contributed by atoms with van der Waals surface area (Å²) < 4.78 is 26.4. The van der Waals surface area contributed by atoms with E-state index in [0.29, 0.717) is 18.4 Å². The maximum absolute atomic E-state index is 12.7. The van der Waals surface area contributed by atoms with Crippen molar-refractivity contribution in [3.63, 3.8) is 0 Å². The van der Waals surface area contributed by atoms with Crippen molar-refractivity contribution in [2.75, 3.05) is 6.54 Å². The molecule has 1 unspecified atom stereocenters. The van der Waals surface area contributed by atoms with Gasteiger partial charge in [-0.2, -0.15) is 4.31 Å². The Bertz CT molecular complexity index is 715. The summed E-state index contributed by atoms with van der Waals surface area (Å²) in [5.41, 5.74) is 0.100. The summed E-state index contributed by atoms with van der Waals surface area (Å²) in [5, 5.41) is 20.0. The molecule has 22 heavy (non-hydrogen) atoms. The van der Waals surface area contributed by atoms with E-state index in [2.05, 4.69) is 0 Å². The van der Waals surface area contributed by atoms with E-state index in [1.165, 1.54) is 12.1 Å². The van der Waals surface area contributed by atoms with Crippen LogP contribution in [0.2, 0.25) is 0 Å². The molecular weight excluding hydrogens is 312 g/mol. The van der Waals surface area contributed by atoms with Gasteiger partial charge in [-0.25, -0.2) is 8.42 Å². The first-order valence-electron chi connectivity index (χ1n) is 6.81. The van der Waals surface area contributed by atoms with Crippen molar-refractivity contribution in [2.24, 2.45) is 0 Å². The highest BCUT2D eigenvalue weighted by molar-refractivity contribution is 7.89. The third kappa shape index (κ3) is 2.81. The van der Waals surface area contributed by atoms with Gasteiger partial charge in [0.25, 0.3) is 5.69 Å². The predicted molar refractivity (Wildman–Crippen MR) is 77.0 cm³/mol. The van der Waals surface area contributed by atoms with Crippen LogP contribution in [0.25, 0.3) is 0 Å². The molecule has 0 spiro atoms. The zero-order chi connectivity index (χ0) is 16.5. The normalized spacial score (nSPS) is 19.2. The number of hydrogen-bond donors (Lipinski definition) is 1. The molecule has 0 saturated carbocycles. The average molecular weight is 328 g/mol. The number of nitrogens with zero attached hydrogens (tertiary/aromatic N) is 2. The molecule has 1 aromatic carbocycles. The SMILES string of the molecule is CCc1ccc([N+](=O)[O-])cc1S(=O)(=O)N1CCCC1C(=O)O. The van der Waals surface area contributed by atoms with Crippen molar-refractivity contribution < 1.29 is 23.2 Å². The van der Waals surface area contributed by atoms with Gasteiger partial charge in [-0.3, -0.25) is 14.9 Å². The second-order valence-corrected chi connectivity index (χ2v) is 6.87. The van der Waals surface area contributed by atoms with Crippen LogP contribution in [0, 0.1) is 10.1 Å². The van der Waals surface area contributed by atoms with Crippen LogP contribution in [0.4, 0.5) is 5.69 Å². The number of rotatable bonds is 5. The molecule has 0 aliphatic carbocycles. The first-order chi connectivity index (χ1) is 10.3. The summed E-state index contributed by atoms with van der Waals surface area (Å²) in [7, 11) is -4.08. The van der Waals surface area contributed by atoms with Crippen LogP contribution >= 0.6 is 0 Å². The highest BCUT2D eigenvalue weighted by Crippen LogP contribution is 2.30. The van der Waals surface area contributed by atoms with Gasteiger partial charge >= 0.3 is 5.97 Å². The van der Waals surface area contributed by atoms with Crippen LogP contribution in [-0.4, -0.2) is 41.3 Å². The summed E-state index contributed by atoms with van der Waals surface area (Å²) >= 11 is 0. The number of sulfonamides is 1. The lowest BCUT2D eigenvalue weighted by Crippen LogP contribution is -2.40. The molecule has 0 amide bonds. The first-order valence-corrected chi connectivity index (χ1v) is 8.25. The van der Waals surface area contributed by atoms with Gasteiger partial charge < -0.3 is 5.11 Å². The Morgan fingerprint density at radius 2 is 2.18 bits per heavy atom. The molecule has 1 atom stereocenters. The third-order valence-corrected chi connectivity index (χ3v) is 5.71. The third-order valence-electron chi connectivity index (χ3n) is 3.72. The summed E-state index contributed by atoms with van der Waals surface area (Å²) in [4.78, 5) is 21.2. The molecule has 2 rings (SSSR count). The summed E-state index contributed by atoms with van der Waals surface area (Å²) in [6.07, 6.45) is 1.07. The minimum absolute atomic E-state index is 0.102. The van der Waals surface area contributed by atoms with E-state index >= 15 is 0 Å². The fourth-order valence-corrected chi connectivity index (χ4v) is 4.56. The van der Waals surface area contributed by atoms with Gasteiger partial charge in [0.1, 0.15) is 6.04 Å². The van der Waals surface area contributed by atoms with E-state index in [-0.39, 0.29) is 23.5 Å². The number of nitro groups is 1. The summed E-state index contributed by atoms with van der Waals surface area (Å²) in [6, 6.07) is 2.53. The molecule has 1 N–H and O–H groups in total. The lowest BCUT2D eigenvalue weighted by atomic mass is 10.1. The summed E-state index contributed by atoms with van der Waals surface area (Å²) in [5.74, 6) is -1.20. The predicted octanol–water partition coefficient (Wildman–Crippen LogP) is 1.39. The molecule has 0 bridgehead atoms. The molecule has 1 aliphatic rings. The largest absolute Gasteiger partial charge is 0.480 e. The highest BCUT2D eigenvalue weighted by atomic mass is 32.2. The topological polar surface area (TPSA) is 118 Å². The quantitative estimate of drug-likeness (QED) is 0.644. The Labute approximate surface area is 127 Å². The molecule has 1 fully saturated rings. The molecule has 0 aromatic heterocycles. The Balaban J connectivity index is 2.55. The number of benzene rings is 1. The molecular formula is C13H16N2O6S. The van der Waals surface area contributed by atoms with Gasteiger partial charge in [-0.1, -0.05) is 13.0 Å². The van der Waals surface area contributed by atoms with Gasteiger partial charge in [-0.15, -0.1) is 0 Å². The number of carboxylic acids is 1. The molecule has 1 aromatic rings. The lowest BCUT2D eigenvalue weighted by Gasteiger charge is -2.22. The van der Waals surface area contributed by atoms with Crippen LogP contribution in [0.5, 0.6) is 0 Å². The maximum Gasteiger partial charge on any atom is 0.322 e. The van der Waals surface area contributed by atoms with Crippen LogP contribution < -0.4 is 0 Å². The van der Waals surface area contributed by atoms with Gasteiger partial charge in [-0.05, 0) is 24.8 Å². The van der Waals surface area contributed by atoms with Crippen LogP contribution in [0.15, 0.2) is 23.1 Å². The van der Waals surface area contributed by atoms with Crippen molar-refractivity contribution in [3.05, 3.63) is 33.9 Å². The number of aliphatic carboxylic acids is 1. The van der Waals surface area contributed by atoms with Crippen molar-refractivity contribution in [2.45, 2.75) is 37.1 Å². The highest BCUT2D eigenvalue weighted by Gasteiger charge is 2.40. The minimum Gasteiger partial charge on any atom is -0.480 e. The van der Waals surface area contributed by atoms with E-state index in [1.54, 1.807) is 6.92 Å². The monoisotopic (exact) mass is 328 g/mol. The summed E-state index contributed by atoms with van der Waals surface area (Å²) in [6.45, 7) is 1.84. The van der Waals surface area contributed by atoms with E-state index in [4.69, 9.17) is 5.11 Å². The van der Waals surface area contributed by atoms with E-state index in [1.807, 2.05) is 0 Å². The van der Waals surface area contributed by atoms with Crippen LogP contribution in [0.3, 0.4) is 0 Å². The number of hydrogen-bond acceptors (Lipinski definition) is 5. The molecule has 8 nitrogen and oxygen atoms in total. The van der Waals surface area contributed by atoms with Crippen LogP contribution in [0.1, 0.15) is 25.3 Å². The molecule has 1 heterocycles. The van der Waals surface area contributed by atoms with Crippen molar-refractivity contribution in [3.8, 4) is 0 Å². The number of nitro benzene ring substituents is 1. The smallest absolute Gasteiger partial charge is 0.322 e. The Morgan fingerprint density at radius 1 is 1.50 bits per heavy atom. The molecule has 1 saturated heterocycles. The number of carbonyl (C=O) groups is 1. The maximum atomic E-state index is 12.7. The first kappa shape index (κ1) is 16.4. The molecule has 120 valence electrons. The lowest BCUT2D eigenvalue weighted by molar-refractivity contribution is -0.385. The zero-order valence-electron chi connectivity index (χ0n) is 11.9. The number of carboxylic acid groups (broad SMARTS) is 1. The van der Waals surface area contributed by atoms with E-state index < -0.39 is 27.0 Å².